The summed E-state index contributed by atoms with van der Waals surface area (Å²) in [7, 11) is -2.47. The van der Waals surface area contributed by atoms with Crippen LogP contribution in [0.1, 0.15) is 27.7 Å². The maximum atomic E-state index is 12.5. The molecule has 9 heteroatoms. The van der Waals surface area contributed by atoms with Crippen LogP contribution in [0.4, 0.5) is 5.00 Å². The highest BCUT2D eigenvalue weighted by Gasteiger charge is 2.29. The number of benzene rings is 1. The first-order chi connectivity index (χ1) is 13.4. The summed E-state index contributed by atoms with van der Waals surface area (Å²) < 4.78 is 29.7. The lowest BCUT2D eigenvalue weighted by Crippen LogP contribution is -2.30. The lowest BCUT2D eigenvalue weighted by atomic mass is 10.0. The standard InChI is InChI=1S/C19H22N2O5S2/c1-3-21-10-9-14-15(11-21)27-18(17(14)19(23)26-2)20-16(22)12-28(24,25)13-7-5-4-6-8-13/h4-8H,3,9-12H2,1-2H3,(H,20,22). The minimum Gasteiger partial charge on any atom is -0.465 e. The number of esters is 1. The number of anilines is 1. The monoisotopic (exact) mass is 422 g/mol. The van der Waals surface area contributed by atoms with Gasteiger partial charge in [0.25, 0.3) is 0 Å². The molecule has 0 saturated heterocycles. The van der Waals surface area contributed by atoms with E-state index < -0.39 is 27.5 Å². The van der Waals surface area contributed by atoms with E-state index in [2.05, 4.69) is 17.1 Å². The molecule has 150 valence electrons. The van der Waals surface area contributed by atoms with Crippen LogP contribution in [0, 0.1) is 0 Å². The molecule has 7 nitrogen and oxygen atoms in total. The number of likely N-dealkylation sites (N-methyl/N-ethyl adjacent to an activating group) is 1. The van der Waals surface area contributed by atoms with E-state index in [1.807, 2.05) is 0 Å². The quantitative estimate of drug-likeness (QED) is 0.719. The fraction of sp³-hybridized carbons (Fsp3) is 0.368. The normalized spacial score (nSPS) is 14.4. The molecule has 1 aromatic heterocycles. The molecule has 0 saturated carbocycles. The van der Waals surface area contributed by atoms with Crippen molar-refractivity contribution in [2.45, 2.75) is 24.8 Å². The van der Waals surface area contributed by atoms with Crippen molar-refractivity contribution in [2.24, 2.45) is 0 Å². The van der Waals surface area contributed by atoms with Crippen LogP contribution in [0.25, 0.3) is 0 Å². The van der Waals surface area contributed by atoms with Crippen molar-refractivity contribution in [1.82, 2.24) is 4.90 Å². The van der Waals surface area contributed by atoms with Crippen molar-refractivity contribution in [3.63, 3.8) is 0 Å². The van der Waals surface area contributed by atoms with Crippen LogP contribution in [0.5, 0.6) is 0 Å². The molecular formula is C19H22N2O5S2. The van der Waals surface area contributed by atoms with Gasteiger partial charge in [-0.1, -0.05) is 25.1 Å². The molecule has 1 aliphatic heterocycles. The molecule has 1 amide bonds. The van der Waals surface area contributed by atoms with Gasteiger partial charge in [-0.05, 0) is 30.7 Å². The van der Waals surface area contributed by atoms with Crippen molar-refractivity contribution >= 4 is 38.1 Å². The molecule has 0 aliphatic carbocycles. The molecule has 0 fully saturated rings. The van der Waals surface area contributed by atoms with E-state index >= 15 is 0 Å². The van der Waals surface area contributed by atoms with Crippen LogP contribution in [-0.4, -0.2) is 51.1 Å². The van der Waals surface area contributed by atoms with Gasteiger partial charge in [0.05, 0.1) is 17.6 Å². The number of ether oxygens (including phenoxy) is 1. The average Bonchev–Trinajstić information content (AvgIpc) is 3.04. The van der Waals surface area contributed by atoms with Gasteiger partial charge < -0.3 is 10.1 Å². The first-order valence-corrected chi connectivity index (χ1v) is 11.4. The summed E-state index contributed by atoms with van der Waals surface area (Å²) in [4.78, 5) is 28.1. The molecular weight excluding hydrogens is 400 g/mol. The number of methoxy groups -OCH3 is 1. The third-order valence-electron chi connectivity index (χ3n) is 4.65. The fourth-order valence-corrected chi connectivity index (χ4v) is 5.63. The molecule has 3 rings (SSSR count). The van der Waals surface area contributed by atoms with E-state index in [0.717, 1.165) is 23.5 Å². The Morgan fingerprint density at radius 3 is 2.61 bits per heavy atom. The Kier molecular flexibility index (Phi) is 6.17. The molecule has 0 bridgehead atoms. The van der Waals surface area contributed by atoms with E-state index in [1.165, 1.54) is 30.6 Å². The third-order valence-corrected chi connectivity index (χ3v) is 7.41. The number of rotatable bonds is 6. The first-order valence-electron chi connectivity index (χ1n) is 8.88. The second kappa shape index (κ2) is 8.42. The number of nitrogens with zero attached hydrogens (tertiary/aromatic N) is 1. The van der Waals surface area contributed by atoms with Crippen LogP contribution < -0.4 is 5.32 Å². The van der Waals surface area contributed by atoms with Gasteiger partial charge in [-0.3, -0.25) is 9.69 Å². The molecule has 1 N–H and O–H groups in total. The van der Waals surface area contributed by atoms with Crippen molar-refractivity contribution < 1.29 is 22.7 Å². The van der Waals surface area contributed by atoms with Crippen molar-refractivity contribution in [2.75, 3.05) is 31.3 Å². The zero-order valence-electron chi connectivity index (χ0n) is 15.7. The van der Waals surface area contributed by atoms with E-state index in [4.69, 9.17) is 4.74 Å². The smallest absolute Gasteiger partial charge is 0.341 e. The Balaban J connectivity index is 1.84. The summed E-state index contributed by atoms with van der Waals surface area (Å²) in [6.45, 7) is 4.47. The lowest BCUT2D eigenvalue weighted by Gasteiger charge is -2.25. The number of hydrogen-bond donors (Lipinski definition) is 1. The highest BCUT2D eigenvalue weighted by atomic mass is 32.2. The van der Waals surface area contributed by atoms with E-state index in [0.29, 0.717) is 23.5 Å². The molecule has 1 aromatic carbocycles. The average molecular weight is 423 g/mol. The lowest BCUT2D eigenvalue weighted by molar-refractivity contribution is -0.113. The van der Waals surface area contributed by atoms with E-state index in [9.17, 15) is 18.0 Å². The largest absolute Gasteiger partial charge is 0.465 e. The predicted octanol–water partition coefficient (Wildman–Crippen LogP) is 2.33. The maximum Gasteiger partial charge on any atom is 0.341 e. The molecule has 0 atom stereocenters. The minimum atomic E-state index is -3.76. The SMILES string of the molecule is CCN1CCc2c(sc(NC(=O)CS(=O)(=O)c3ccccc3)c2C(=O)OC)C1. The van der Waals surface area contributed by atoms with Gasteiger partial charge in [-0.15, -0.1) is 11.3 Å². The van der Waals surface area contributed by atoms with E-state index in [1.54, 1.807) is 18.2 Å². The Morgan fingerprint density at radius 2 is 1.96 bits per heavy atom. The number of hydrogen-bond acceptors (Lipinski definition) is 7. The predicted molar refractivity (Wildman–Crippen MR) is 107 cm³/mol. The van der Waals surface area contributed by atoms with Gasteiger partial charge in [0, 0.05) is 18.0 Å². The number of fused-ring (bicyclic) bond motifs is 1. The zero-order chi connectivity index (χ0) is 20.3. The number of amides is 1. The van der Waals surface area contributed by atoms with Crippen LogP contribution in [0.15, 0.2) is 35.2 Å². The summed E-state index contributed by atoms with van der Waals surface area (Å²) in [5.41, 5.74) is 1.21. The molecule has 2 aromatic rings. The fourth-order valence-electron chi connectivity index (χ4n) is 3.18. The summed E-state index contributed by atoms with van der Waals surface area (Å²) in [5, 5.41) is 2.97. The summed E-state index contributed by atoms with van der Waals surface area (Å²) >= 11 is 1.31. The van der Waals surface area contributed by atoms with Gasteiger partial charge in [-0.25, -0.2) is 13.2 Å². The number of thiophene rings is 1. The van der Waals surface area contributed by atoms with Crippen molar-refractivity contribution in [1.29, 1.82) is 0 Å². The molecule has 0 spiro atoms. The molecule has 2 heterocycles. The summed E-state index contributed by atoms with van der Waals surface area (Å²) in [5.74, 6) is -1.90. The summed E-state index contributed by atoms with van der Waals surface area (Å²) in [6.07, 6.45) is 0.683. The highest BCUT2D eigenvalue weighted by molar-refractivity contribution is 7.92. The van der Waals surface area contributed by atoms with Gasteiger partial charge in [0.2, 0.25) is 5.91 Å². The first kappa shape index (κ1) is 20.5. The second-order valence-electron chi connectivity index (χ2n) is 6.44. The van der Waals surface area contributed by atoms with Crippen LogP contribution >= 0.6 is 11.3 Å². The Morgan fingerprint density at radius 1 is 1.25 bits per heavy atom. The van der Waals surface area contributed by atoms with Crippen LogP contribution in [0.3, 0.4) is 0 Å². The minimum absolute atomic E-state index is 0.0856. The molecule has 0 radical (unpaired) electrons. The maximum absolute atomic E-state index is 12.5. The van der Waals surface area contributed by atoms with Crippen molar-refractivity contribution in [3.05, 3.63) is 46.3 Å². The van der Waals surface area contributed by atoms with Gasteiger partial charge >= 0.3 is 5.97 Å². The van der Waals surface area contributed by atoms with Crippen molar-refractivity contribution in [3.8, 4) is 0 Å². The third kappa shape index (κ3) is 4.26. The summed E-state index contributed by atoms with van der Waals surface area (Å²) in [6, 6.07) is 7.81. The highest BCUT2D eigenvalue weighted by Crippen LogP contribution is 2.37. The van der Waals surface area contributed by atoms with E-state index in [-0.39, 0.29) is 4.90 Å². The molecule has 0 unspecified atom stereocenters. The Hall–Kier alpha value is -2.23. The number of nitrogens with one attached hydrogen (secondary N) is 1. The topological polar surface area (TPSA) is 92.8 Å². The second-order valence-corrected chi connectivity index (χ2v) is 9.53. The molecule has 28 heavy (non-hydrogen) atoms. The van der Waals surface area contributed by atoms with Crippen LogP contribution in [0.2, 0.25) is 0 Å². The number of sulfone groups is 1. The van der Waals surface area contributed by atoms with Gasteiger partial charge in [0.1, 0.15) is 10.8 Å². The van der Waals surface area contributed by atoms with Gasteiger partial charge in [-0.2, -0.15) is 0 Å². The Labute approximate surface area is 168 Å². The van der Waals surface area contributed by atoms with Gasteiger partial charge in [0.15, 0.2) is 9.84 Å². The molecule has 1 aliphatic rings. The number of carbonyl (C=O) groups excluding carboxylic acids is 2. The zero-order valence-corrected chi connectivity index (χ0v) is 17.4. The number of carbonyl (C=O) groups is 2. The Bertz CT molecular complexity index is 983. The van der Waals surface area contributed by atoms with Crippen LogP contribution in [-0.2, 0) is 32.3 Å².